The fraction of sp³-hybridized carbons (Fsp3) is 0.727. The molecule has 24 heavy (non-hydrogen) atoms. The summed E-state index contributed by atoms with van der Waals surface area (Å²) in [6, 6.07) is 3.44. The topological polar surface area (TPSA) is 40.5 Å². The van der Waals surface area contributed by atoms with E-state index in [9.17, 15) is 10.2 Å². The van der Waals surface area contributed by atoms with Crippen LogP contribution in [0.15, 0.2) is 12.1 Å². The summed E-state index contributed by atoms with van der Waals surface area (Å²) < 4.78 is 0. The minimum atomic E-state index is 0.00902. The molecule has 2 N–H and O–H groups in total. The summed E-state index contributed by atoms with van der Waals surface area (Å²) in [5.41, 5.74) is 1.92. The Morgan fingerprint density at radius 2 is 0.917 bits per heavy atom. The molecule has 0 aliphatic carbocycles. The zero-order chi connectivity index (χ0) is 19.1. The van der Waals surface area contributed by atoms with Gasteiger partial charge in [-0.15, -0.1) is 0 Å². The van der Waals surface area contributed by atoms with Crippen molar-refractivity contribution in [3.63, 3.8) is 0 Å². The van der Waals surface area contributed by atoms with Gasteiger partial charge >= 0.3 is 0 Å². The number of hydrogen-bond donors (Lipinski definition) is 2. The first kappa shape index (κ1) is 20.9. The van der Waals surface area contributed by atoms with Crippen LogP contribution in [0.2, 0.25) is 0 Å². The summed E-state index contributed by atoms with van der Waals surface area (Å²) in [5.74, 6) is 0.592. The van der Waals surface area contributed by atoms with Gasteiger partial charge in [-0.05, 0) is 57.8 Å². The summed E-state index contributed by atoms with van der Waals surface area (Å²) in [4.78, 5) is 0. The fourth-order valence-electron chi connectivity index (χ4n) is 2.49. The highest BCUT2D eigenvalue weighted by Crippen LogP contribution is 2.46. The van der Waals surface area contributed by atoms with Crippen LogP contribution in [0.4, 0.5) is 0 Å². The minimum Gasteiger partial charge on any atom is -0.508 e. The molecule has 1 aromatic rings. The molecule has 0 saturated heterocycles. The van der Waals surface area contributed by atoms with E-state index in [0.717, 1.165) is 24.0 Å². The molecule has 0 aliphatic heterocycles. The van der Waals surface area contributed by atoms with Crippen molar-refractivity contribution in [3.05, 3.63) is 23.3 Å². The lowest BCUT2D eigenvalue weighted by molar-refractivity contribution is 0.128. The Labute approximate surface area is 149 Å². The highest BCUT2D eigenvalue weighted by Gasteiger charge is 2.36. The van der Waals surface area contributed by atoms with Crippen molar-refractivity contribution in [1.82, 2.24) is 0 Å². The second-order valence-corrected chi connectivity index (χ2v) is 10.7. The van der Waals surface area contributed by atoms with E-state index in [1.165, 1.54) is 0 Å². The van der Waals surface area contributed by atoms with Crippen LogP contribution in [0.3, 0.4) is 0 Å². The molecule has 1 aromatic carbocycles. The van der Waals surface area contributed by atoms with Gasteiger partial charge in [0.15, 0.2) is 0 Å². The largest absolute Gasteiger partial charge is 0.508 e. The number of phenols is 2. The third-order valence-corrected chi connectivity index (χ3v) is 6.58. The zero-order valence-electron chi connectivity index (χ0n) is 17.5. The predicted octanol–water partition coefficient (Wildman–Crippen LogP) is 6.33. The summed E-state index contributed by atoms with van der Waals surface area (Å²) in [6.07, 6.45) is 1.47. The van der Waals surface area contributed by atoms with E-state index >= 15 is 0 Å². The quantitative estimate of drug-likeness (QED) is 0.632. The molecule has 0 unspecified atom stereocenters. The van der Waals surface area contributed by atoms with Crippen molar-refractivity contribution in [3.8, 4) is 11.5 Å². The highest BCUT2D eigenvalue weighted by molar-refractivity contribution is 5.47. The molecule has 0 amide bonds. The van der Waals surface area contributed by atoms with Crippen molar-refractivity contribution in [1.29, 1.82) is 0 Å². The number of rotatable bonds is 4. The monoisotopic (exact) mass is 334 g/mol. The lowest BCUT2D eigenvalue weighted by Crippen LogP contribution is -2.32. The van der Waals surface area contributed by atoms with Gasteiger partial charge in [0.2, 0.25) is 0 Å². The normalized spacial score (nSPS) is 14.1. The van der Waals surface area contributed by atoms with E-state index in [1.54, 1.807) is 12.1 Å². The third kappa shape index (κ3) is 4.46. The maximum absolute atomic E-state index is 10.9. The van der Waals surface area contributed by atoms with Crippen LogP contribution in [0, 0.1) is 21.7 Å². The van der Waals surface area contributed by atoms with Crippen molar-refractivity contribution in [2.45, 2.75) is 82.1 Å². The van der Waals surface area contributed by atoms with Gasteiger partial charge in [0.25, 0.3) is 0 Å². The van der Waals surface area contributed by atoms with E-state index in [-0.39, 0.29) is 27.4 Å². The minimum absolute atomic E-state index is 0.00902. The fourth-order valence-corrected chi connectivity index (χ4v) is 2.49. The SMILES string of the molecule is CC(C)(C)C(C)(C)Cc1cc(O)cc(CC(C)(C)C(C)(C)C)c1O. The molecular weight excluding hydrogens is 296 g/mol. The van der Waals surface area contributed by atoms with Crippen LogP contribution in [0.25, 0.3) is 0 Å². The van der Waals surface area contributed by atoms with Crippen LogP contribution in [0.1, 0.15) is 80.4 Å². The first-order valence-corrected chi connectivity index (χ1v) is 9.02. The second kappa shape index (κ2) is 6.28. The number of benzene rings is 1. The Hall–Kier alpha value is -1.18. The molecule has 0 radical (unpaired) electrons. The third-order valence-electron chi connectivity index (χ3n) is 6.58. The van der Waals surface area contributed by atoms with E-state index < -0.39 is 0 Å². The highest BCUT2D eigenvalue weighted by atomic mass is 16.3. The second-order valence-electron chi connectivity index (χ2n) is 10.7. The molecule has 0 fully saturated rings. The smallest absolute Gasteiger partial charge is 0.122 e. The molecule has 0 bridgehead atoms. The van der Waals surface area contributed by atoms with Gasteiger partial charge in [0, 0.05) is 0 Å². The average Bonchev–Trinajstić information content (AvgIpc) is 2.31. The molecule has 0 aliphatic rings. The van der Waals surface area contributed by atoms with Crippen LogP contribution in [-0.2, 0) is 12.8 Å². The van der Waals surface area contributed by atoms with Gasteiger partial charge in [-0.3, -0.25) is 0 Å². The maximum Gasteiger partial charge on any atom is 0.122 e. The molecule has 2 heteroatoms. The molecule has 138 valence electrons. The Balaban J connectivity index is 3.27. The molecular formula is C22H38O2. The van der Waals surface area contributed by atoms with E-state index in [4.69, 9.17) is 0 Å². The molecule has 0 aromatic heterocycles. The summed E-state index contributed by atoms with van der Waals surface area (Å²) in [5, 5.41) is 21.1. The van der Waals surface area contributed by atoms with Gasteiger partial charge in [-0.2, -0.15) is 0 Å². The number of phenolic OH excluding ortho intramolecular Hbond substituents is 2. The number of aromatic hydroxyl groups is 2. The van der Waals surface area contributed by atoms with Gasteiger partial charge in [0.1, 0.15) is 11.5 Å². The van der Waals surface area contributed by atoms with Crippen LogP contribution in [-0.4, -0.2) is 10.2 Å². The molecule has 1 rings (SSSR count). The zero-order valence-corrected chi connectivity index (χ0v) is 17.5. The molecule has 0 atom stereocenters. The Morgan fingerprint density at radius 1 is 0.625 bits per heavy atom. The molecule has 0 saturated carbocycles. The summed E-state index contributed by atoms with van der Waals surface area (Å²) in [6.45, 7) is 22.2. The Kier molecular flexibility index (Phi) is 5.46. The van der Waals surface area contributed by atoms with Crippen molar-refractivity contribution in [2.75, 3.05) is 0 Å². The van der Waals surface area contributed by atoms with E-state index in [1.807, 2.05) is 0 Å². The molecule has 2 nitrogen and oxygen atoms in total. The Morgan fingerprint density at radius 3 is 1.17 bits per heavy atom. The molecule has 0 spiro atoms. The summed E-state index contributed by atoms with van der Waals surface area (Å²) >= 11 is 0. The molecule has 0 heterocycles. The average molecular weight is 335 g/mol. The number of hydrogen-bond acceptors (Lipinski definition) is 2. The van der Waals surface area contributed by atoms with E-state index in [0.29, 0.717) is 5.75 Å². The Bertz CT molecular complexity index is 532. The summed E-state index contributed by atoms with van der Waals surface area (Å²) in [7, 11) is 0. The van der Waals surface area contributed by atoms with Crippen molar-refractivity contribution >= 4 is 0 Å². The maximum atomic E-state index is 10.9. The van der Waals surface area contributed by atoms with Gasteiger partial charge < -0.3 is 10.2 Å². The van der Waals surface area contributed by atoms with E-state index in [2.05, 4.69) is 69.2 Å². The van der Waals surface area contributed by atoms with Gasteiger partial charge in [0.05, 0.1) is 0 Å². The van der Waals surface area contributed by atoms with Crippen molar-refractivity contribution in [2.24, 2.45) is 21.7 Å². The van der Waals surface area contributed by atoms with Gasteiger partial charge in [-0.25, -0.2) is 0 Å². The van der Waals surface area contributed by atoms with Crippen LogP contribution >= 0.6 is 0 Å². The van der Waals surface area contributed by atoms with Crippen LogP contribution < -0.4 is 0 Å². The van der Waals surface area contributed by atoms with Crippen molar-refractivity contribution < 1.29 is 10.2 Å². The first-order valence-electron chi connectivity index (χ1n) is 9.02. The van der Waals surface area contributed by atoms with Crippen LogP contribution in [0.5, 0.6) is 11.5 Å². The predicted molar refractivity (Wildman–Crippen MR) is 104 cm³/mol. The lowest BCUT2D eigenvalue weighted by atomic mass is 9.65. The first-order chi connectivity index (χ1) is 10.5. The standard InChI is InChI=1S/C22H38O2/c1-19(2,3)21(7,8)13-15-11-17(23)12-16(18(15)24)14-22(9,10)20(4,5)6/h11-12,23-24H,13-14H2,1-10H3. The lowest BCUT2D eigenvalue weighted by Gasteiger charge is -2.40. The van der Waals surface area contributed by atoms with Gasteiger partial charge in [-0.1, -0.05) is 69.2 Å².